The van der Waals surface area contributed by atoms with E-state index < -0.39 is 6.09 Å². The molecule has 3 aliphatic rings. The molecule has 31 heavy (non-hydrogen) atoms. The van der Waals surface area contributed by atoms with Crippen LogP contribution in [0.5, 0.6) is 5.75 Å². The third-order valence-corrected chi connectivity index (χ3v) is 8.28. The highest BCUT2D eigenvalue weighted by molar-refractivity contribution is 5.86. The van der Waals surface area contributed by atoms with E-state index in [1.54, 1.807) is 12.3 Å². The Morgan fingerprint density at radius 3 is 2.94 bits per heavy atom. The van der Waals surface area contributed by atoms with Crippen molar-refractivity contribution in [2.24, 2.45) is 17.3 Å². The molecule has 5 rings (SSSR count). The van der Waals surface area contributed by atoms with Crippen molar-refractivity contribution in [2.45, 2.75) is 70.8 Å². The molecule has 2 N–H and O–H groups in total. The maximum atomic E-state index is 12.4. The molecule has 5 unspecified atom stereocenters. The number of pyridine rings is 1. The molecule has 5 atom stereocenters. The molecule has 164 valence electrons. The van der Waals surface area contributed by atoms with Crippen LogP contribution < -0.4 is 10.1 Å². The van der Waals surface area contributed by atoms with Crippen LogP contribution in [0.3, 0.4) is 0 Å². The first-order valence-electron chi connectivity index (χ1n) is 11.7. The Morgan fingerprint density at radius 1 is 1.23 bits per heavy atom. The van der Waals surface area contributed by atoms with Gasteiger partial charge in [0.25, 0.3) is 0 Å². The first kappa shape index (κ1) is 20.5. The van der Waals surface area contributed by atoms with Crippen LogP contribution >= 0.6 is 0 Å². The van der Waals surface area contributed by atoms with Crippen molar-refractivity contribution in [1.82, 2.24) is 4.98 Å². The Balaban J connectivity index is 1.29. The Morgan fingerprint density at radius 2 is 2.10 bits per heavy atom. The summed E-state index contributed by atoms with van der Waals surface area (Å²) < 4.78 is 5.59. The summed E-state index contributed by atoms with van der Waals surface area (Å²) in [6.45, 7) is 4.34. The molecular formula is C26H32N2O3. The first-order valence-corrected chi connectivity index (χ1v) is 11.7. The second-order valence-electron chi connectivity index (χ2n) is 9.82. The van der Waals surface area contributed by atoms with Crippen molar-refractivity contribution in [2.75, 3.05) is 5.32 Å². The number of rotatable bonds is 3. The molecule has 0 bridgehead atoms. The van der Waals surface area contributed by atoms with Gasteiger partial charge in [0.15, 0.2) is 0 Å². The maximum absolute atomic E-state index is 12.4. The highest BCUT2D eigenvalue weighted by Gasteiger charge is 2.54. The molecule has 1 aromatic heterocycles. The zero-order chi connectivity index (χ0) is 21.6. The summed E-state index contributed by atoms with van der Waals surface area (Å²) in [6.07, 6.45) is 8.44. The Kier molecular flexibility index (Phi) is 5.25. The number of aliphatic hydroxyl groups is 1. The summed E-state index contributed by atoms with van der Waals surface area (Å²) in [7, 11) is 0. The number of fused-ring (bicyclic) bond motifs is 5. The van der Waals surface area contributed by atoms with Gasteiger partial charge in [0.1, 0.15) is 5.75 Å². The second kappa shape index (κ2) is 7.94. The molecule has 2 fully saturated rings. The summed E-state index contributed by atoms with van der Waals surface area (Å²) in [5.74, 6) is 2.46. The minimum Gasteiger partial charge on any atom is -0.410 e. The number of hydrogen-bond acceptors (Lipinski definition) is 4. The highest BCUT2D eigenvalue weighted by atomic mass is 16.6. The Hall–Kier alpha value is -2.40. The fraction of sp³-hybridized carbons (Fsp3) is 0.538. The van der Waals surface area contributed by atoms with Gasteiger partial charge in [0.2, 0.25) is 0 Å². The van der Waals surface area contributed by atoms with Crippen LogP contribution in [0.2, 0.25) is 0 Å². The largest absolute Gasteiger partial charge is 0.417 e. The molecule has 3 aliphatic carbocycles. The predicted octanol–water partition coefficient (Wildman–Crippen LogP) is 5.47. The number of ether oxygens (including phenoxy) is 1. The van der Waals surface area contributed by atoms with E-state index in [2.05, 4.69) is 23.3 Å². The van der Waals surface area contributed by atoms with E-state index in [0.29, 0.717) is 29.2 Å². The normalized spacial score (nSPS) is 31.3. The van der Waals surface area contributed by atoms with Gasteiger partial charge in [-0.3, -0.25) is 10.3 Å². The molecule has 2 saturated carbocycles. The van der Waals surface area contributed by atoms with Gasteiger partial charge < -0.3 is 9.84 Å². The third-order valence-electron chi connectivity index (χ3n) is 8.28. The van der Waals surface area contributed by atoms with E-state index >= 15 is 0 Å². The standard InChI is InChI=1S/C26H32N2O3/c1-3-17-15-18(11-13-27-17)28-25(30)31-19-5-7-20-16(14-19)4-6-22-21(20)10-12-26(2)23(22)8-9-24(26)29/h5,7,11,13-15,21-24,29H,3-4,6,8-10,12H2,1-2H3,(H,27,28,30). The molecule has 5 nitrogen and oxygen atoms in total. The van der Waals surface area contributed by atoms with Crippen molar-refractivity contribution in [1.29, 1.82) is 0 Å². The minimum absolute atomic E-state index is 0.102. The molecule has 0 aliphatic heterocycles. The van der Waals surface area contributed by atoms with Crippen LogP contribution in [-0.4, -0.2) is 22.3 Å². The molecular weight excluding hydrogens is 388 g/mol. The molecule has 1 amide bonds. The van der Waals surface area contributed by atoms with Gasteiger partial charge in [-0.2, -0.15) is 0 Å². The lowest BCUT2D eigenvalue weighted by Gasteiger charge is -2.50. The average Bonchev–Trinajstić information content (AvgIpc) is 3.08. The number of carbonyl (C=O) groups is 1. The van der Waals surface area contributed by atoms with Crippen LogP contribution in [0.15, 0.2) is 36.5 Å². The van der Waals surface area contributed by atoms with Gasteiger partial charge in [-0.15, -0.1) is 0 Å². The number of nitrogens with one attached hydrogen (secondary N) is 1. The lowest BCUT2D eigenvalue weighted by Crippen LogP contribution is -2.43. The van der Waals surface area contributed by atoms with Crippen molar-refractivity contribution in [3.63, 3.8) is 0 Å². The van der Waals surface area contributed by atoms with Gasteiger partial charge in [-0.1, -0.05) is 19.9 Å². The molecule has 5 heteroatoms. The van der Waals surface area contributed by atoms with Crippen molar-refractivity contribution in [3.05, 3.63) is 53.3 Å². The average molecular weight is 421 g/mol. The van der Waals surface area contributed by atoms with E-state index in [1.807, 2.05) is 25.1 Å². The zero-order valence-corrected chi connectivity index (χ0v) is 18.4. The maximum Gasteiger partial charge on any atom is 0.417 e. The van der Waals surface area contributed by atoms with Gasteiger partial charge >= 0.3 is 6.09 Å². The molecule has 1 aromatic carbocycles. The summed E-state index contributed by atoms with van der Waals surface area (Å²) in [6, 6.07) is 9.79. The minimum atomic E-state index is -0.477. The molecule has 0 radical (unpaired) electrons. The Labute approximate surface area is 184 Å². The number of anilines is 1. The van der Waals surface area contributed by atoms with Crippen molar-refractivity contribution in [3.8, 4) is 5.75 Å². The SMILES string of the molecule is CCc1cc(NC(=O)Oc2ccc3c(c2)CCC2C3CCC3(C)C(O)CCC23)ccn1. The van der Waals surface area contributed by atoms with E-state index in [0.717, 1.165) is 50.6 Å². The number of aliphatic hydroxyl groups excluding tert-OH is 1. The fourth-order valence-electron chi connectivity index (χ4n) is 6.59. The van der Waals surface area contributed by atoms with E-state index in [9.17, 15) is 9.90 Å². The quantitative estimate of drug-likeness (QED) is 0.690. The van der Waals surface area contributed by atoms with E-state index in [4.69, 9.17) is 4.74 Å². The van der Waals surface area contributed by atoms with Gasteiger partial charge in [-0.05, 0) is 104 Å². The first-order chi connectivity index (χ1) is 15.0. The number of hydrogen-bond donors (Lipinski definition) is 2. The third kappa shape index (κ3) is 3.63. The van der Waals surface area contributed by atoms with Gasteiger partial charge in [0.05, 0.1) is 6.10 Å². The van der Waals surface area contributed by atoms with Crippen LogP contribution in [-0.2, 0) is 12.8 Å². The van der Waals surface area contributed by atoms with Crippen LogP contribution in [0.1, 0.15) is 68.7 Å². The van der Waals surface area contributed by atoms with Crippen LogP contribution in [0, 0.1) is 17.3 Å². The number of benzene rings is 1. The molecule has 0 saturated heterocycles. The highest BCUT2D eigenvalue weighted by Crippen LogP contribution is 2.60. The molecule has 1 heterocycles. The summed E-state index contributed by atoms with van der Waals surface area (Å²) in [5, 5.41) is 13.4. The summed E-state index contributed by atoms with van der Waals surface area (Å²) >= 11 is 0. The number of carbonyl (C=O) groups excluding carboxylic acids is 1. The van der Waals surface area contributed by atoms with E-state index in [-0.39, 0.29) is 11.5 Å². The molecule has 2 aromatic rings. The van der Waals surface area contributed by atoms with Crippen LogP contribution in [0.4, 0.5) is 10.5 Å². The fourth-order valence-corrected chi connectivity index (χ4v) is 6.59. The number of aryl methyl sites for hydroxylation is 2. The topological polar surface area (TPSA) is 71.5 Å². The van der Waals surface area contributed by atoms with Crippen molar-refractivity contribution >= 4 is 11.8 Å². The number of aromatic nitrogens is 1. The predicted molar refractivity (Wildman–Crippen MR) is 120 cm³/mol. The second-order valence-corrected chi connectivity index (χ2v) is 9.82. The van der Waals surface area contributed by atoms with Crippen LogP contribution in [0.25, 0.3) is 0 Å². The summed E-state index contributed by atoms with van der Waals surface area (Å²) in [4.78, 5) is 16.6. The van der Waals surface area contributed by atoms with Crippen molar-refractivity contribution < 1.29 is 14.6 Å². The zero-order valence-electron chi connectivity index (χ0n) is 18.4. The number of amides is 1. The van der Waals surface area contributed by atoms with E-state index in [1.165, 1.54) is 11.1 Å². The lowest BCUT2D eigenvalue weighted by atomic mass is 9.55. The molecule has 0 spiro atoms. The Bertz CT molecular complexity index is 990. The lowest BCUT2D eigenvalue weighted by molar-refractivity contribution is -0.0226. The van der Waals surface area contributed by atoms with Gasteiger partial charge in [-0.25, -0.2) is 4.79 Å². The summed E-state index contributed by atoms with van der Waals surface area (Å²) in [5.41, 5.74) is 4.46. The monoisotopic (exact) mass is 420 g/mol. The smallest absolute Gasteiger partial charge is 0.410 e. The number of nitrogens with zero attached hydrogens (tertiary/aromatic N) is 1. The van der Waals surface area contributed by atoms with Gasteiger partial charge in [0, 0.05) is 17.6 Å².